The average Bonchev–Trinajstić information content (AvgIpc) is 3.67. The number of phenols is 1. The molecule has 2 aliphatic carbocycles. The lowest BCUT2D eigenvalue weighted by Gasteiger charge is -2.28. The molecule has 5 rings (SSSR count). The Labute approximate surface area is 207 Å². The summed E-state index contributed by atoms with van der Waals surface area (Å²) in [4.78, 5) is 36.2. The fraction of sp³-hybridized carbons (Fsp3) is 0.500. The first-order chi connectivity index (χ1) is 17.4. The van der Waals surface area contributed by atoms with Crippen LogP contribution in [0.4, 0.5) is 10.6 Å². The zero-order valence-corrected chi connectivity index (χ0v) is 19.9. The number of nitrogens with zero attached hydrogens (tertiary/aromatic N) is 2. The Kier molecular flexibility index (Phi) is 6.68. The second kappa shape index (κ2) is 10.1. The number of anilines is 1. The highest BCUT2D eigenvalue weighted by atomic mass is 16.6. The Morgan fingerprint density at radius 2 is 2.08 bits per heavy atom. The number of amides is 2. The molecule has 12 nitrogen and oxygen atoms in total. The van der Waals surface area contributed by atoms with Gasteiger partial charge in [0, 0.05) is 35.9 Å². The lowest BCUT2D eigenvalue weighted by Crippen LogP contribution is -2.48. The molecule has 1 aromatic carbocycles. The summed E-state index contributed by atoms with van der Waals surface area (Å²) in [5.74, 6) is -0.00676. The molecule has 4 atom stereocenters. The van der Waals surface area contributed by atoms with Gasteiger partial charge >= 0.3 is 6.09 Å². The second-order valence-electron chi connectivity index (χ2n) is 9.40. The Hall–Kier alpha value is -3.80. The maximum Gasteiger partial charge on any atom is 0.424 e. The molecule has 12 heteroatoms. The number of aromatic amines is 1. The highest BCUT2D eigenvalue weighted by molar-refractivity contribution is 5.91. The van der Waals surface area contributed by atoms with Gasteiger partial charge in [0.2, 0.25) is 0 Å². The van der Waals surface area contributed by atoms with Gasteiger partial charge in [0.25, 0.3) is 5.91 Å². The molecule has 2 aromatic rings. The van der Waals surface area contributed by atoms with Crippen LogP contribution in [0.15, 0.2) is 18.2 Å². The van der Waals surface area contributed by atoms with E-state index in [1.54, 1.807) is 11.1 Å². The van der Waals surface area contributed by atoms with Crippen LogP contribution in [0.2, 0.25) is 0 Å². The molecule has 2 bridgehead atoms. The van der Waals surface area contributed by atoms with E-state index in [4.69, 9.17) is 14.2 Å². The molecule has 3 aliphatic rings. The van der Waals surface area contributed by atoms with Crippen LogP contribution in [0.25, 0.3) is 0 Å². The average molecular weight is 500 g/mol. The molecule has 36 heavy (non-hydrogen) atoms. The molecule has 3 fully saturated rings. The lowest BCUT2D eigenvalue weighted by atomic mass is 10.0. The number of hydrazine groups is 1. The Morgan fingerprint density at radius 1 is 1.22 bits per heavy atom. The summed E-state index contributed by atoms with van der Waals surface area (Å²) in [7, 11) is 1.41. The predicted molar refractivity (Wildman–Crippen MR) is 126 cm³/mol. The summed E-state index contributed by atoms with van der Waals surface area (Å²) in [5, 5.41) is 21.3. The zero-order chi connectivity index (χ0) is 25.2. The Bertz CT molecular complexity index is 1150. The minimum Gasteiger partial charge on any atom is -0.507 e. The van der Waals surface area contributed by atoms with Crippen molar-refractivity contribution >= 4 is 24.1 Å². The van der Waals surface area contributed by atoms with Crippen molar-refractivity contribution in [3.05, 3.63) is 29.5 Å². The van der Waals surface area contributed by atoms with Gasteiger partial charge in [0.05, 0.1) is 18.7 Å². The van der Waals surface area contributed by atoms with E-state index < -0.39 is 12.5 Å². The number of carbonyl (C=O) groups excluding carboxylic acids is 3. The number of aldehydes is 1. The number of carbonyl (C=O) groups is 3. The number of aromatic hydroxyl groups is 1. The maximum atomic E-state index is 12.5. The van der Waals surface area contributed by atoms with Crippen LogP contribution in [-0.4, -0.2) is 70.5 Å². The SMILES string of the molecule is COc1cc(O)c(C=O)c(OCC(=O)Nc2cc([C@H]3CCC(OC(=O)N4NC5CCC4C5)C3)[nH]n2)c1. The number of hydrogen-bond acceptors (Lipinski definition) is 9. The molecule has 2 heterocycles. The van der Waals surface area contributed by atoms with Crippen molar-refractivity contribution in [1.82, 2.24) is 20.6 Å². The first kappa shape index (κ1) is 23.9. The molecule has 2 amide bonds. The minimum absolute atomic E-state index is 0.0308. The van der Waals surface area contributed by atoms with Crippen LogP contribution < -0.4 is 20.2 Å². The van der Waals surface area contributed by atoms with Crippen LogP contribution in [-0.2, 0) is 9.53 Å². The first-order valence-electron chi connectivity index (χ1n) is 12.0. The molecule has 4 N–H and O–H groups in total. The number of nitrogens with one attached hydrogen (secondary N) is 3. The van der Waals surface area contributed by atoms with Crippen molar-refractivity contribution in [3.63, 3.8) is 0 Å². The number of phenolic OH excluding ortho intramolecular Hbond substituents is 1. The van der Waals surface area contributed by atoms with Gasteiger partial charge in [0.1, 0.15) is 23.4 Å². The topological polar surface area (TPSA) is 155 Å². The zero-order valence-electron chi connectivity index (χ0n) is 19.9. The quantitative estimate of drug-likeness (QED) is 0.401. The van der Waals surface area contributed by atoms with E-state index in [0.717, 1.165) is 37.8 Å². The lowest BCUT2D eigenvalue weighted by molar-refractivity contribution is -0.118. The minimum atomic E-state index is -0.488. The fourth-order valence-corrected chi connectivity index (χ4v) is 5.22. The van der Waals surface area contributed by atoms with E-state index in [0.29, 0.717) is 24.6 Å². The summed E-state index contributed by atoms with van der Waals surface area (Å²) in [6.45, 7) is -0.399. The number of hydrogen-bond donors (Lipinski definition) is 4. The third kappa shape index (κ3) is 4.94. The molecule has 3 unspecified atom stereocenters. The molecular formula is C24H29N5O7. The Balaban J connectivity index is 1.11. The van der Waals surface area contributed by atoms with Crippen molar-refractivity contribution in [2.75, 3.05) is 19.0 Å². The third-order valence-corrected chi connectivity index (χ3v) is 7.05. The van der Waals surface area contributed by atoms with E-state index in [2.05, 4.69) is 20.9 Å². The molecule has 192 valence electrons. The van der Waals surface area contributed by atoms with Crippen LogP contribution in [0.3, 0.4) is 0 Å². The summed E-state index contributed by atoms with van der Waals surface area (Å²) in [6, 6.07) is 5.07. The number of fused-ring (bicyclic) bond motifs is 2. The van der Waals surface area contributed by atoms with Gasteiger partial charge < -0.3 is 24.6 Å². The smallest absolute Gasteiger partial charge is 0.424 e. The van der Waals surface area contributed by atoms with Gasteiger partial charge in [-0.05, 0) is 38.5 Å². The van der Waals surface area contributed by atoms with Crippen LogP contribution >= 0.6 is 0 Å². The van der Waals surface area contributed by atoms with E-state index >= 15 is 0 Å². The molecular weight excluding hydrogens is 470 g/mol. The van der Waals surface area contributed by atoms with Gasteiger partial charge in [-0.3, -0.25) is 14.7 Å². The van der Waals surface area contributed by atoms with E-state index in [1.165, 1.54) is 19.2 Å². The van der Waals surface area contributed by atoms with Crippen LogP contribution in [0.5, 0.6) is 17.2 Å². The summed E-state index contributed by atoms with van der Waals surface area (Å²) >= 11 is 0. The monoisotopic (exact) mass is 499 g/mol. The van der Waals surface area contributed by atoms with Crippen molar-refractivity contribution in [1.29, 1.82) is 0 Å². The third-order valence-electron chi connectivity index (χ3n) is 7.05. The Morgan fingerprint density at radius 3 is 2.81 bits per heavy atom. The molecule has 2 saturated carbocycles. The first-order valence-corrected chi connectivity index (χ1v) is 12.0. The number of methoxy groups -OCH3 is 1. The predicted octanol–water partition coefficient (Wildman–Crippen LogP) is 2.47. The van der Waals surface area contributed by atoms with Crippen LogP contribution in [0, 0.1) is 0 Å². The largest absolute Gasteiger partial charge is 0.507 e. The standard InChI is InChI=1S/C24H29N5O7/c1-34-17-8-20(31)18(11-30)21(9-17)35-12-23(32)25-22-10-19(26-27-22)13-2-5-16(6-13)36-24(33)29-15-4-3-14(7-15)28-29/h8-11,13-16,28,31H,2-7,12H2,1H3,(H2,25,26,27,32)/t13-,14?,15?,16?/m0/s1. The van der Waals surface area contributed by atoms with Crippen molar-refractivity contribution in [2.24, 2.45) is 0 Å². The van der Waals surface area contributed by atoms with Gasteiger partial charge in [-0.1, -0.05) is 0 Å². The summed E-state index contributed by atoms with van der Waals surface area (Å²) in [6.07, 6.45) is 5.39. The number of H-pyrrole nitrogens is 1. The molecule has 1 aromatic heterocycles. The van der Waals surface area contributed by atoms with Crippen molar-refractivity contribution in [3.8, 4) is 17.2 Å². The normalized spacial score (nSPS) is 24.5. The van der Waals surface area contributed by atoms with Crippen molar-refractivity contribution < 1.29 is 33.7 Å². The van der Waals surface area contributed by atoms with E-state index in [-0.39, 0.29) is 47.0 Å². The van der Waals surface area contributed by atoms with E-state index in [1.807, 2.05) is 0 Å². The molecule has 0 spiro atoms. The second-order valence-corrected chi connectivity index (χ2v) is 9.40. The van der Waals surface area contributed by atoms with Gasteiger partial charge in [0.15, 0.2) is 18.7 Å². The van der Waals surface area contributed by atoms with Crippen LogP contribution in [0.1, 0.15) is 60.5 Å². The number of aromatic nitrogens is 2. The molecule has 0 radical (unpaired) electrons. The van der Waals surface area contributed by atoms with Gasteiger partial charge in [-0.2, -0.15) is 5.10 Å². The highest BCUT2D eigenvalue weighted by Gasteiger charge is 2.42. The summed E-state index contributed by atoms with van der Waals surface area (Å²) in [5.41, 5.74) is 4.00. The van der Waals surface area contributed by atoms with Crippen molar-refractivity contribution in [2.45, 2.75) is 62.6 Å². The molecule has 1 saturated heterocycles. The fourth-order valence-electron chi connectivity index (χ4n) is 5.22. The highest BCUT2D eigenvalue weighted by Crippen LogP contribution is 2.37. The van der Waals surface area contributed by atoms with Gasteiger partial charge in [-0.15, -0.1) is 0 Å². The summed E-state index contributed by atoms with van der Waals surface area (Å²) < 4.78 is 16.2. The maximum absolute atomic E-state index is 12.5. The number of ether oxygens (including phenoxy) is 3. The molecule has 1 aliphatic heterocycles. The van der Waals surface area contributed by atoms with Gasteiger partial charge in [-0.25, -0.2) is 15.2 Å². The number of benzene rings is 1. The number of rotatable bonds is 8. The van der Waals surface area contributed by atoms with E-state index in [9.17, 15) is 19.5 Å².